The first kappa shape index (κ1) is 8.91. The molecule has 3 unspecified atom stereocenters. The Kier molecular flexibility index (Phi) is 1.82. The van der Waals surface area contributed by atoms with Crippen molar-refractivity contribution in [3.63, 3.8) is 0 Å². The second kappa shape index (κ2) is 2.66. The third-order valence-corrected chi connectivity index (χ3v) is 3.33. The van der Waals surface area contributed by atoms with Crippen molar-refractivity contribution in [3.05, 3.63) is 11.6 Å². The number of Topliss-reactive ketones (excluding diaryl/α,β-unsaturated/α-hetero) is 1. The maximum atomic E-state index is 11.5. The Bertz CT molecular complexity index is 282. The van der Waals surface area contributed by atoms with Gasteiger partial charge in [0, 0.05) is 11.8 Å². The van der Waals surface area contributed by atoms with E-state index in [1.165, 1.54) is 0 Å². The van der Waals surface area contributed by atoms with Crippen LogP contribution >= 0.6 is 0 Å². The molecule has 0 aromatic carbocycles. The lowest BCUT2D eigenvalue weighted by Gasteiger charge is -2.33. The van der Waals surface area contributed by atoms with Crippen molar-refractivity contribution in [1.29, 1.82) is 0 Å². The molecule has 0 amide bonds. The van der Waals surface area contributed by atoms with Crippen molar-refractivity contribution in [2.45, 2.75) is 38.4 Å². The zero-order valence-electron chi connectivity index (χ0n) is 7.66. The van der Waals surface area contributed by atoms with Gasteiger partial charge in [-0.05, 0) is 19.8 Å². The Hall–Kier alpha value is -0.670. The van der Waals surface area contributed by atoms with Gasteiger partial charge in [-0.15, -0.1) is 0 Å². The quantitative estimate of drug-likeness (QED) is 0.533. The summed E-state index contributed by atoms with van der Waals surface area (Å²) < 4.78 is 0. The fourth-order valence-corrected chi connectivity index (χ4v) is 2.35. The van der Waals surface area contributed by atoms with Gasteiger partial charge in [0.05, 0.1) is 12.2 Å². The number of hydrogen-bond donors (Lipinski definition) is 2. The average molecular weight is 182 g/mol. The minimum atomic E-state index is -0.783. The Morgan fingerprint density at radius 1 is 1.46 bits per heavy atom. The molecule has 2 aliphatic rings. The Labute approximate surface area is 77.1 Å². The molecule has 2 rings (SSSR count). The molecule has 3 nitrogen and oxygen atoms in total. The van der Waals surface area contributed by atoms with Crippen LogP contribution in [0.4, 0.5) is 0 Å². The monoisotopic (exact) mass is 182 g/mol. The van der Waals surface area contributed by atoms with Crippen LogP contribution in [0.3, 0.4) is 0 Å². The third kappa shape index (κ3) is 1.15. The van der Waals surface area contributed by atoms with Crippen LogP contribution < -0.4 is 0 Å². The Balaban J connectivity index is 2.39. The summed E-state index contributed by atoms with van der Waals surface area (Å²) in [5.74, 6) is 0.199. The first-order chi connectivity index (χ1) is 6.04. The van der Waals surface area contributed by atoms with Gasteiger partial charge in [0.2, 0.25) is 0 Å². The normalized spacial score (nSPS) is 44.5. The fraction of sp³-hybridized carbons (Fsp3) is 0.700. The second-order valence-electron chi connectivity index (χ2n) is 4.21. The molecule has 0 spiro atoms. The fourth-order valence-electron chi connectivity index (χ4n) is 2.35. The Morgan fingerprint density at radius 3 is 2.85 bits per heavy atom. The van der Waals surface area contributed by atoms with E-state index in [-0.39, 0.29) is 5.78 Å². The summed E-state index contributed by atoms with van der Waals surface area (Å²) in [5, 5.41) is 18.8. The lowest BCUT2D eigenvalue weighted by atomic mass is 9.73. The summed E-state index contributed by atoms with van der Waals surface area (Å²) in [4.78, 5) is 11.5. The van der Waals surface area contributed by atoms with E-state index in [1.54, 1.807) is 6.08 Å². The zero-order valence-corrected chi connectivity index (χ0v) is 7.66. The smallest absolute Gasteiger partial charge is 0.143 e. The molecule has 3 atom stereocenters. The molecule has 0 aliphatic heterocycles. The lowest BCUT2D eigenvalue weighted by molar-refractivity contribution is -0.126. The molecular weight excluding hydrogens is 168 g/mol. The van der Waals surface area contributed by atoms with Crippen molar-refractivity contribution in [3.8, 4) is 0 Å². The van der Waals surface area contributed by atoms with E-state index in [0.717, 1.165) is 12.0 Å². The van der Waals surface area contributed by atoms with E-state index in [1.807, 2.05) is 6.92 Å². The highest BCUT2D eigenvalue weighted by molar-refractivity contribution is 5.91. The van der Waals surface area contributed by atoms with Crippen LogP contribution in [0.25, 0.3) is 0 Å². The highest BCUT2D eigenvalue weighted by Crippen LogP contribution is 2.46. The van der Waals surface area contributed by atoms with E-state index < -0.39 is 17.6 Å². The lowest BCUT2D eigenvalue weighted by Crippen LogP contribution is -2.39. The first-order valence-electron chi connectivity index (χ1n) is 4.64. The van der Waals surface area contributed by atoms with Crippen LogP contribution in [0.5, 0.6) is 0 Å². The van der Waals surface area contributed by atoms with Crippen molar-refractivity contribution in [2.24, 2.45) is 5.41 Å². The first-order valence-corrected chi connectivity index (χ1v) is 4.64. The molecule has 72 valence electrons. The number of rotatable bonds is 0. The van der Waals surface area contributed by atoms with Crippen LogP contribution in [0.2, 0.25) is 0 Å². The molecule has 13 heavy (non-hydrogen) atoms. The molecule has 0 radical (unpaired) electrons. The minimum absolute atomic E-state index is 0.199. The molecule has 2 aliphatic carbocycles. The van der Waals surface area contributed by atoms with Crippen molar-refractivity contribution in [1.82, 2.24) is 0 Å². The predicted octanol–water partition coefficient (Wildman–Crippen LogP) is 0.408. The summed E-state index contributed by atoms with van der Waals surface area (Å²) in [6.45, 7) is 1.86. The van der Waals surface area contributed by atoms with Crippen molar-refractivity contribution < 1.29 is 15.0 Å². The molecule has 2 N–H and O–H groups in total. The standard InChI is InChI=1S/C10H14O3/c1-10-5-8(12)7(11)4-6(10)2-3-9(10)13/h4,7-8,11-12H,2-3,5H2,1H3. The van der Waals surface area contributed by atoms with Gasteiger partial charge in [-0.1, -0.05) is 11.6 Å². The van der Waals surface area contributed by atoms with E-state index in [0.29, 0.717) is 12.8 Å². The summed E-state index contributed by atoms with van der Waals surface area (Å²) in [7, 11) is 0. The maximum absolute atomic E-state index is 11.5. The van der Waals surface area contributed by atoms with Gasteiger partial charge in [0.1, 0.15) is 5.78 Å². The number of allylic oxidation sites excluding steroid dienone is 1. The highest BCUT2D eigenvalue weighted by Gasteiger charge is 2.46. The number of fused-ring (bicyclic) bond motifs is 1. The van der Waals surface area contributed by atoms with Crippen LogP contribution in [-0.2, 0) is 4.79 Å². The van der Waals surface area contributed by atoms with Gasteiger partial charge in [-0.2, -0.15) is 0 Å². The van der Waals surface area contributed by atoms with Crippen LogP contribution in [0.15, 0.2) is 11.6 Å². The van der Waals surface area contributed by atoms with E-state index in [9.17, 15) is 15.0 Å². The van der Waals surface area contributed by atoms with Gasteiger partial charge in [-0.25, -0.2) is 0 Å². The van der Waals surface area contributed by atoms with Gasteiger partial charge < -0.3 is 10.2 Å². The Morgan fingerprint density at radius 2 is 2.15 bits per heavy atom. The number of ketones is 1. The van der Waals surface area contributed by atoms with Gasteiger partial charge in [0.25, 0.3) is 0 Å². The molecule has 0 heterocycles. The van der Waals surface area contributed by atoms with Gasteiger partial charge in [-0.3, -0.25) is 4.79 Å². The molecule has 1 fully saturated rings. The summed E-state index contributed by atoms with van der Waals surface area (Å²) in [6, 6.07) is 0. The summed E-state index contributed by atoms with van der Waals surface area (Å²) in [6.07, 6.45) is 1.77. The average Bonchev–Trinajstić information content (AvgIpc) is 2.32. The van der Waals surface area contributed by atoms with Crippen molar-refractivity contribution in [2.75, 3.05) is 0 Å². The summed E-state index contributed by atoms with van der Waals surface area (Å²) >= 11 is 0. The van der Waals surface area contributed by atoms with Crippen LogP contribution in [-0.4, -0.2) is 28.2 Å². The van der Waals surface area contributed by atoms with Crippen LogP contribution in [0.1, 0.15) is 26.2 Å². The van der Waals surface area contributed by atoms with E-state index in [2.05, 4.69) is 0 Å². The highest BCUT2D eigenvalue weighted by atomic mass is 16.3. The largest absolute Gasteiger partial charge is 0.390 e. The molecule has 0 aromatic rings. The second-order valence-corrected chi connectivity index (χ2v) is 4.21. The number of carbonyl (C=O) groups is 1. The summed E-state index contributed by atoms with van der Waals surface area (Å²) in [5.41, 5.74) is 0.522. The molecule has 1 saturated carbocycles. The van der Waals surface area contributed by atoms with Crippen molar-refractivity contribution >= 4 is 5.78 Å². The SMILES string of the molecule is CC12CC(O)C(O)C=C1CCC2=O. The van der Waals surface area contributed by atoms with E-state index >= 15 is 0 Å². The number of aliphatic hydroxyl groups excluding tert-OH is 2. The van der Waals surface area contributed by atoms with Gasteiger partial charge in [0.15, 0.2) is 0 Å². The maximum Gasteiger partial charge on any atom is 0.143 e. The predicted molar refractivity (Wildman–Crippen MR) is 47.1 cm³/mol. The minimum Gasteiger partial charge on any atom is -0.390 e. The molecule has 3 heteroatoms. The number of aliphatic hydroxyl groups is 2. The molecule has 0 aromatic heterocycles. The molecule has 0 saturated heterocycles. The van der Waals surface area contributed by atoms with Crippen LogP contribution in [0, 0.1) is 5.41 Å². The number of hydrogen-bond acceptors (Lipinski definition) is 3. The topological polar surface area (TPSA) is 57.5 Å². The zero-order chi connectivity index (χ0) is 9.64. The third-order valence-electron chi connectivity index (χ3n) is 3.33. The molecular formula is C10H14O3. The number of carbonyl (C=O) groups excluding carboxylic acids is 1. The van der Waals surface area contributed by atoms with E-state index in [4.69, 9.17) is 0 Å². The molecule has 0 bridgehead atoms. The van der Waals surface area contributed by atoms with Gasteiger partial charge >= 0.3 is 0 Å².